The summed E-state index contributed by atoms with van der Waals surface area (Å²) in [5, 5.41) is 2.41. The number of nitrogens with one attached hydrogen (secondary N) is 1. The van der Waals surface area contributed by atoms with Crippen molar-refractivity contribution in [3.63, 3.8) is 0 Å². The Kier molecular flexibility index (Phi) is 1.77. The molecule has 0 atom stereocenters. The first-order valence-electron chi connectivity index (χ1n) is 4.50. The van der Waals surface area contributed by atoms with Gasteiger partial charge in [0.1, 0.15) is 6.61 Å². The highest BCUT2D eigenvalue weighted by atomic mass is 32.1. The van der Waals surface area contributed by atoms with Crippen LogP contribution in [0.4, 0.5) is 0 Å². The van der Waals surface area contributed by atoms with Crippen molar-refractivity contribution < 1.29 is 9.53 Å². The Morgan fingerprint density at radius 2 is 2.20 bits per heavy atom. The molecule has 0 aliphatic carbocycles. The smallest absolute Gasteiger partial charge is 0.256 e. The average Bonchev–Trinajstić information content (AvgIpc) is 2.66. The average molecular weight is 221 g/mol. The van der Waals surface area contributed by atoms with E-state index in [0.29, 0.717) is 23.3 Å². The standard InChI is InChI=1S/C10H7NO3S/c12-7-4-14-3-6-8(7)9-5(1-2-15-9)10(13)11-6/h1-2H,3-4H2,(H,11,13). The van der Waals surface area contributed by atoms with Gasteiger partial charge in [0.2, 0.25) is 0 Å². The monoisotopic (exact) mass is 221 g/mol. The van der Waals surface area contributed by atoms with Gasteiger partial charge in [-0.15, -0.1) is 11.3 Å². The minimum absolute atomic E-state index is 0.0556. The van der Waals surface area contributed by atoms with Crippen LogP contribution in [0.1, 0.15) is 16.1 Å². The number of carbonyl (C=O) groups is 1. The molecule has 4 nitrogen and oxygen atoms in total. The number of rotatable bonds is 0. The van der Waals surface area contributed by atoms with E-state index in [4.69, 9.17) is 4.74 Å². The number of carbonyl (C=O) groups excluding carboxylic acids is 1. The number of pyridine rings is 1. The fourth-order valence-electron chi connectivity index (χ4n) is 1.81. The summed E-state index contributed by atoms with van der Waals surface area (Å²) >= 11 is 1.42. The Labute approximate surface area is 88.5 Å². The topological polar surface area (TPSA) is 59.2 Å². The first-order valence-corrected chi connectivity index (χ1v) is 5.38. The lowest BCUT2D eigenvalue weighted by Crippen LogP contribution is -2.23. The molecule has 15 heavy (non-hydrogen) atoms. The summed E-state index contributed by atoms with van der Waals surface area (Å²) in [4.78, 5) is 26.0. The molecule has 0 spiro atoms. The number of ketones is 1. The van der Waals surface area contributed by atoms with E-state index < -0.39 is 0 Å². The number of hydrogen-bond donors (Lipinski definition) is 1. The lowest BCUT2D eigenvalue weighted by atomic mass is 10.1. The van der Waals surface area contributed by atoms with Crippen molar-refractivity contribution >= 4 is 27.2 Å². The summed E-state index contributed by atoms with van der Waals surface area (Å²) in [5.41, 5.74) is 1.08. The van der Waals surface area contributed by atoms with Gasteiger partial charge in [-0.05, 0) is 11.4 Å². The maximum Gasteiger partial charge on any atom is 0.256 e. The molecule has 0 saturated carbocycles. The maximum absolute atomic E-state index is 11.7. The number of fused-ring (bicyclic) bond motifs is 3. The molecular formula is C10H7NO3S. The molecule has 0 saturated heterocycles. The van der Waals surface area contributed by atoms with E-state index >= 15 is 0 Å². The van der Waals surface area contributed by atoms with Crippen LogP contribution in [0, 0.1) is 0 Å². The number of Topliss-reactive ketones (excluding diaryl/α,β-unsaturated/α-hetero) is 1. The van der Waals surface area contributed by atoms with E-state index in [1.165, 1.54) is 11.3 Å². The van der Waals surface area contributed by atoms with E-state index in [2.05, 4.69) is 4.98 Å². The van der Waals surface area contributed by atoms with Crippen LogP contribution in [0.3, 0.4) is 0 Å². The van der Waals surface area contributed by atoms with Crippen LogP contribution in [0.15, 0.2) is 16.2 Å². The Morgan fingerprint density at radius 3 is 3.07 bits per heavy atom. The highest BCUT2D eigenvalue weighted by molar-refractivity contribution is 7.17. The lowest BCUT2D eigenvalue weighted by molar-refractivity contribution is 0.0658. The second-order valence-electron chi connectivity index (χ2n) is 3.39. The molecule has 3 rings (SSSR count). The summed E-state index contributed by atoms with van der Waals surface area (Å²) in [6.07, 6.45) is 0. The number of ether oxygens (including phenoxy) is 1. The quantitative estimate of drug-likeness (QED) is 0.729. The molecule has 1 aliphatic rings. The number of aromatic amines is 1. The lowest BCUT2D eigenvalue weighted by Gasteiger charge is -2.15. The Morgan fingerprint density at radius 1 is 1.33 bits per heavy atom. The number of H-pyrrole nitrogens is 1. The molecule has 0 unspecified atom stereocenters. The third-order valence-corrected chi connectivity index (χ3v) is 3.39. The van der Waals surface area contributed by atoms with Crippen LogP contribution in [-0.4, -0.2) is 17.4 Å². The molecule has 0 fully saturated rings. The maximum atomic E-state index is 11.7. The fraction of sp³-hybridized carbons (Fsp3) is 0.200. The van der Waals surface area contributed by atoms with E-state index in [0.717, 1.165) is 4.70 Å². The van der Waals surface area contributed by atoms with Gasteiger partial charge < -0.3 is 9.72 Å². The molecule has 3 heterocycles. The molecule has 1 N–H and O–H groups in total. The SMILES string of the molecule is O=C1COCc2[nH]c(=O)c3ccsc3c21. The Balaban J connectivity index is 2.49. The van der Waals surface area contributed by atoms with Crippen LogP contribution in [0.2, 0.25) is 0 Å². The number of thiophene rings is 1. The second-order valence-corrected chi connectivity index (χ2v) is 4.30. The van der Waals surface area contributed by atoms with Gasteiger partial charge >= 0.3 is 0 Å². The van der Waals surface area contributed by atoms with E-state index in [1.807, 2.05) is 5.38 Å². The summed E-state index contributed by atoms with van der Waals surface area (Å²) in [7, 11) is 0. The zero-order valence-electron chi connectivity index (χ0n) is 7.70. The predicted molar refractivity (Wildman–Crippen MR) is 56.4 cm³/mol. The van der Waals surface area contributed by atoms with Crippen LogP contribution in [0.25, 0.3) is 10.1 Å². The van der Waals surface area contributed by atoms with Crippen molar-refractivity contribution in [3.8, 4) is 0 Å². The van der Waals surface area contributed by atoms with Gasteiger partial charge in [-0.25, -0.2) is 0 Å². The zero-order chi connectivity index (χ0) is 10.4. The third kappa shape index (κ3) is 1.17. The van der Waals surface area contributed by atoms with Gasteiger partial charge in [-0.1, -0.05) is 0 Å². The van der Waals surface area contributed by atoms with Crippen LogP contribution < -0.4 is 5.56 Å². The van der Waals surface area contributed by atoms with Gasteiger partial charge in [0.25, 0.3) is 5.56 Å². The normalized spacial score (nSPS) is 15.6. The largest absolute Gasteiger partial charge is 0.367 e. The van der Waals surface area contributed by atoms with Crippen molar-refractivity contribution in [2.45, 2.75) is 6.61 Å². The zero-order valence-corrected chi connectivity index (χ0v) is 8.52. The van der Waals surface area contributed by atoms with Gasteiger partial charge in [-0.3, -0.25) is 9.59 Å². The molecule has 0 radical (unpaired) electrons. The van der Waals surface area contributed by atoms with Crippen molar-refractivity contribution in [2.75, 3.05) is 6.61 Å². The van der Waals surface area contributed by atoms with Crippen molar-refractivity contribution in [1.82, 2.24) is 4.98 Å². The molecule has 0 aromatic carbocycles. The highest BCUT2D eigenvalue weighted by Gasteiger charge is 2.22. The molecule has 2 aromatic rings. The number of hydrogen-bond acceptors (Lipinski definition) is 4. The van der Waals surface area contributed by atoms with E-state index in [-0.39, 0.29) is 17.9 Å². The minimum Gasteiger partial charge on any atom is -0.367 e. The Bertz CT molecular complexity index is 611. The van der Waals surface area contributed by atoms with Crippen LogP contribution >= 0.6 is 11.3 Å². The predicted octanol–water partition coefficient (Wildman–Crippen LogP) is 1.30. The van der Waals surface area contributed by atoms with Crippen molar-refractivity contribution in [1.29, 1.82) is 0 Å². The fourth-order valence-corrected chi connectivity index (χ4v) is 2.79. The van der Waals surface area contributed by atoms with Crippen molar-refractivity contribution in [3.05, 3.63) is 33.1 Å². The van der Waals surface area contributed by atoms with E-state index in [9.17, 15) is 9.59 Å². The summed E-state index contributed by atoms with van der Waals surface area (Å²) in [5.74, 6) is -0.0556. The Hall–Kier alpha value is -1.46. The first kappa shape index (κ1) is 8.82. The minimum atomic E-state index is -0.150. The first-order chi connectivity index (χ1) is 7.27. The third-order valence-electron chi connectivity index (χ3n) is 2.46. The van der Waals surface area contributed by atoms with Crippen LogP contribution in [-0.2, 0) is 11.3 Å². The summed E-state index contributed by atoms with van der Waals surface area (Å²) in [6, 6.07) is 1.74. The molecule has 76 valence electrons. The number of aromatic nitrogens is 1. The molecule has 1 aliphatic heterocycles. The molecule has 0 amide bonds. The van der Waals surface area contributed by atoms with E-state index in [1.54, 1.807) is 6.07 Å². The summed E-state index contributed by atoms with van der Waals surface area (Å²) < 4.78 is 5.85. The van der Waals surface area contributed by atoms with Gasteiger partial charge in [0.15, 0.2) is 5.78 Å². The van der Waals surface area contributed by atoms with Crippen molar-refractivity contribution in [2.24, 2.45) is 0 Å². The second kappa shape index (κ2) is 3.01. The van der Waals surface area contributed by atoms with Gasteiger partial charge in [0, 0.05) is 0 Å². The molecule has 2 aromatic heterocycles. The highest BCUT2D eigenvalue weighted by Crippen LogP contribution is 2.26. The van der Waals surface area contributed by atoms with Gasteiger partial charge in [0.05, 0.1) is 28.0 Å². The summed E-state index contributed by atoms with van der Waals surface area (Å²) in [6.45, 7) is 0.413. The molecular weight excluding hydrogens is 214 g/mol. The van der Waals surface area contributed by atoms with Gasteiger partial charge in [-0.2, -0.15) is 0 Å². The molecule has 0 bridgehead atoms. The molecule has 5 heteroatoms. The van der Waals surface area contributed by atoms with Crippen LogP contribution in [0.5, 0.6) is 0 Å².